The van der Waals surface area contributed by atoms with E-state index in [1.807, 2.05) is 38.1 Å². The van der Waals surface area contributed by atoms with Crippen LogP contribution < -0.4 is 4.90 Å². The van der Waals surface area contributed by atoms with Crippen molar-refractivity contribution in [1.82, 2.24) is 4.31 Å². The Bertz CT molecular complexity index is 944. The molecule has 150 valence electrons. The van der Waals surface area contributed by atoms with Crippen LogP contribution >= 0.6 is 15.9 Å². The summed E-state index contributed by atoms with van der Waals surface area (Å²) in [4.78, 5) is 15.3. The van der Waals surface area contributed by atoms with Gasteiger partial charge in [-0.2, -0.15) is 4.31 Å². The van der Waals surface area contributed by atoms with Crippen LogP contribution in [-0.4, -0.2) is 38.3 Å². The Hall–Kier alpha value is -1.70. The topological polar surface area (TPSA) is 57.7 Å². The highest BCUT2D eigenvalue weighted by atomic mass is 79.9. The number of hydrogen-bond acceptors (Lipinski definition) is 3. The summed E-state index contributed by atoms with van der Waals surface area (Å²) in [6.07, 6.45) is 1.38. The summed E-state index contributed by atoms with van der Waals surface area (Å²) in [6, 6.07) is 14.4. The Morgan fingerprint density at radius 2 is 1.86 bits per heavy atom. The highest BCUT2D eigenvalue weighted by Gasteiger charge is 2.35. The van der Waals surface area contributed by atoms with Crippen molar-refractivity contribution in [2.75, 3.05) is 24.5 Å². The molecule has 0 N–H and O–H groups in total. The molecule has 28 heavy (non-hydrogen) atoms. The molecular weight excluding hydrogens is 440 g/mol. The number of amides is 1. The molecule has 1 heterocycles. The zero-order valence-electron chi connectivity index (χ0n) is 16.1. The number of rotatable bonds is 5. The van der Waals surface area contributed by atoms with Crippen molar-refractivity contribution in [3.63, 3.8) is 0 Å². The van der Waals surface area contributed by atoms with Crippen LogP contribution in [0.2, 0.25) is 0 Å². The van der Waals surface area contributed by atoms with Crippen LogP contribution in [0.3, 0.4) is 0 Å². The second kappa shape index (κ2) is 8.76. The van der Waals surface area contributed by atoms with E-state index in [4.69, 9.17) is 0 Å². The van der Waals surface area contributed by atoms with E-state index in [1.54, 1.807) is 29.2 Å². The maximum absolute atomic E-state index is 13.2. The number of para-hydroxylation sites is 1. The minimum atomic E-state index is -3.61. The Balaban J connectivity index is 1.81. The number of aryl methyl sites for hydroxylation is 1. The van der Waals surface area contributed by atoms with E-state index in [0.29, 0.717) is 25.9 Å². The SMILES string of the molecule is CCN(C(=O)C1CCCN(S(=O)(=O)c2ccc(Br)cc2)C1)c1ccccc1C. The molecule has 1 atom stereocenters. The van der Waals surface area contributed by atoms with Crippen LogP contribution in [0.4, 0.5) is 5.69 Å². The van der Waals surface area contributed by atoms with Crippen molar-refractivity contribution in [2.45, 2.75) is 31.6 Å². The highest BCUT2D eigenvalue weighted by molar-refractivity contribution is 9.10. The average molecular weight is 465 g/mol. The van der Waals surface area contributed by atoms with Crippen molar-refractivity contribution in [2.24, 2.45) is 5.92 Å². The minimum absolute atomic E-state index is 0.00694. The van der Waals surface area contributed by atoms with Crippen molar-refractivity contribution in [3.8, 4) is 0 Å². The maximum Gasteiger partial charge on any atom is 0.243 e. The van der Waals surface area contributed by atoms with E-state index in [1.165, 1.54) is 4.31 Å². The van der Waals surface area contributed by atoms with E-state index >= 15 is 0 Å². The fourth-order valence-electron chi connectivity index (χ4n) is 3.65. The average Bonchev–Trinajstić information content (AvgIpc) is 2.70. The van der Waals surface area contributed by atoms with Gasteiger partial charge in [-0.15, -0.1) is 0 Å². The summed E-state index contributed by atoms with van der Waals surface area (Å²) in [5.74, 6) is -0.342. The van der Waals surface area contributed by atoms with E-state index in [0.717, 1.165) is 15.7 Å². The highest BCUT2D eigenvalue weighted by Crippen LogP contribution is 2.28. The van der Waals surface area contributed by atoms with E-state index < -0.39 is 10.0 Å². The number of anilines is 1. The lowest BCUT2D eigenvalue weighted by molar-refractivity contribution is -0.123. The summed E-state index contributed by atoms with van der Waals surface area (Å²) in [7, 11) is -3.61. The number of halogens is 1. The van der Waals surface area contributed by atoms with Gasteiger partial charge in [-0.25, -0.2) is 8.42 Å². The lowest BCUT2D eigenvalue weighted by Gasteiger charge is -2.34. The van der Waals surface area contributed by atoms with Crippen LogP contribution in [0.25, 0.3) is 0 Å². The van der Waals surface area contributed by atoms with Crippen molar-refractivity contribution in [1.29, 1.82) is 0 Å². The normalized spacial score (nSPS) is 18.0. The minimum Gasteiger partial charge on any atom is -0.312 e. The zero-order chi connectivity index (χ0) is 20.3. The molecule has 1 saturated heterocycles. The van der Waals surface area contributed by atoms with Crippen LogP contribution in [0.5, 0.6) is 0 Å². The molecule has 0 radical (unpaired) electrons. The molecule has 1 amide bonds. The second-order valence-corrected chi connectivity index (χ2v) is 9.88. The predicted molar refractivity (Wildman–Crippen MR) is 115 cm³/mol. The Kier molecular flexibility index (Phi) is 6.58. The van der Waals surface area contributed by atoms with Crippen LogP contribution in [0.15, 0.2) is 57.9 Å². The summed E-state index contributed by atoms with van der Waals surface area (Å²) in [5, 5.41) is 0. The van der Waals surface area contributed by atoms with Crippen LogP contribution in [0, 0.1) is 12.8 Å². The molecule has 1 aliphatic rings. The Morgan fingerprint density at radius 3 is 2.50 bits per heavy atom. The first-order valence-corrected chi connectivity index (χ1v) is 11.7. The number of piperidine rings is 1. The van der Waals surface area contributed by atoms with Gasteiger partial charge >= 0.3 is 0 Å². The molecule has 0 bridgehead atoms. The largest absolute Gasteiger partial charge is 0.312 e. The predicted octanol–water partition coefficient (Wildman–Crippen LogP) is 4.21. The number of sulfonamides is 1. The lowest BCUT2D eigenvalue weighted by Crippen LogP contribution is -2.47. The van der Waals surface area contributed by atoms with Crippen LogP contribution in [0.1, 0.15) is 25.3 Å². The molecule has 0 aromatic heterocycles. The number of hydrogen-bond donors (Lipinski definition) is 0. The first-order chi connectivity index (χ1) is 13.3. The number of nitrogens with zero attached hydrogens (tertiary/aromatic N) is 2. The van der Waals surface area contributed by atoms with E-state index in [9.17, 15) is 13.2 Å². The molecule has 1 unspecified atom stereocenters. The number of carbonyl (C=O) groups is 1. The van der Waals surface area contributed by atoms with Gasteiger partial charge in [-0.1, -0.05) is 34.1 Å². The number of benzene rings is 2. The van der Waals surface area contributed by atoms with Gasteiger partial charge in [0.05, 0.1) is 10.8 Å². The van der Waals surface area contributed by atoms with Gasteiger partial charge in [0.1, 0.15) is 0 Å². The van der Waals surface area contributed by atoms with E-state index in [-0.39, 0.29) is 23.3 Å². The van der Waals surface area contributed by atoms with E-state index in [2.05, 4.69) is 15.9 Å². The quantitative estimate of drug-likeness (QED) is 0.665. The molecule has 3 rings (SSSR count). The fraction of sp³-hybridized carbons (Fsp3) is 0.381. The maximum atomic E-state index is 13.2. The van der Waals surface area contributed by atoms with Crippen molar-refractivity contribution < 1.29 is 13.2 Å². The van der Waals surface area contributed by atoms with Gasteiger partial charge in [0.25, 0.3) is 0 Å². The van der Waals surface area contributed by atoms with Crippen molar-refractivity contribution in [3.05, 3.63) is 58.6 Å². The monoisotopic (exact) mass is 464 g/mol. The molecular formula is C21H25BrN2O3S. The van der Waals surface area contributed by atoms with Crippen LogP contribution in [-0.2, 0) is 14.8 Å². The summed E-state index contributed by atoms with van der Waals surface area (Å²) in [6.45, 7) is 5.15. The third-order valence-electron chi connectivity index (χ3n) is 5.17. The Labute approximate surface area is 175 Å². The van der Waals surface area contributed by atoms with Gasteiger partial charge in [-0.05, 0) is 62.6 Å². The molecule has 1 aliphatic heterocycles. The molecule has 2 aromatic carbocycles. The molecule has 7 heteroatoms. The van der Waals surface area contributed by atoms with Crippen molar-refractivity contribution >= 4 is 37.5 Å². The Morgan fingerprint density at radius 1 is 1.18 bits per heavy atom. The summed E-state index contributed by atoms with van der Waals surface area (Å²) in [5.41, 5.74) is 1.93. The fourth-order valence-corrected chi connectivity index (χ4v) is 5.44. The second-order valence-electron chi connectivity index (χ2n) is 7.03. The molecule has 0 aliphatic carbocycles. The van der Waals surface area contributed by atoms with Gasteiger partial charge in [0.15, 0.2) is 0 Å². The first-order valence-electron chi connectivity index (χ1n) is 9.47. The van der Waals surface area contributed by atoms with Gasteiger partial charge < -0.3 is 4.90 Å². The smallest absolute Gasteiger partial charge is 0.243 e. The summed E-state index contributed by atoms with van der Waals surface area (Å²) >= 11 is 3.33. The molecule has 5 nitrogen and oxygen atoms in total. The summed E-state index contributed by atoms with van der Waals surface area (Å²) < 4.78 is 28.3. The van der Waals surface area contributed by atoms with Gasteiger partial charge in [-0.3, -0.25) is 4.79 Å². The lowest BCUT2D eigenvalue weighted by atomic mass is 9.97. The molecule has 1 fully saturated rings. The van der Waals surface area contributed by atoms with Gasteiger partial charge in [0, 0.05) is 29.8 Å². The molecule has 0 saturated carbocycles. The molecule has 2 aromatic rings. The first kappa shape index (κ1) is 21.0. The third-order valence-corrected chi connectivity index (χ3v) is 7.58. The van der Waals surface area contributed by atoms with Gasteiger partial charge in [0.2, 0.25) is 15.9 Å². The third kappa shape index (κ3) is 4.31. The standard InChI is InChI=1S/C21H25BrN2O3S/c1-3-24(20-9-5-4-7-16(20)2)21(25)17-8-6-14-23(15-17)28(26,27)19-12-10-18(22)11-13-19/h4-5,7,9-13,17H,3,6,8,14-15H2,1-2H3. The number of carbonyl (C=O) groups excluding carboxylic acids is 1. The molecule has 0 spiro atoms. The zero-order valence-corrected chi connectivity index (χ0v) is 18.5.